The molecule has 2 atom stereocenters. The second-order valence-corrected chi connectivity index (χ2v) is 7.06. The molecule has 2 unspecified atom stereocenters. The van der Waals surface area contributed by atoms with Crippen LogP contribution in [0, 0.1) is 0 Å². The molecule has 9 nitrogen and oxygen atoms in total. The van der Waals surface area contributed by atoms with E-state index in [1.807, 2.05) is 37.6 Å². The zero-order chi connectivity index (χ0) is 19.3. The fraction of sp³-hybridized carbons (Fsp3) is 0.368. The predicted molar refractivity (Wildman–Crippen MR) is 103 cm³/mol. The molecule has 0 radical (unpaired) electrons. The Morgan fingerprint density at radius 1 is 1.29 bits per heavy atom. The molecule has 4 heterocycles. The molecule has 144 valence electrons. The maximum absolute atomic E-state index is 6.17. The fourth-order valence-corrected chi connectivity index (χ4v) is 3.85. The summed E-state index contributed by atoms with van der Waals surface area (Å²) in [6, 6.07) is 5.74. The number of aryl methyl sites for hydroxylation is 1. The highest BCUT2D eigenvalue weighted by molar-refractivity contribution is 5.95. The minimum atomic E-state index is -0.00799. The van der Waals surface area contributed by atoms with Gasteiger partial charge in [-0.25, -0.2) is 9.97 Å². The maximum atomic E-state index is 6.17. The summed E-state index contributed by atoms with van der Waals surface area (Å²) in [5.74, 6) is 1.90. The van der Waals surface area contributed by atoms with Crippen LogP contribution in [0.5, 0.6) is 5.75 Å². The molecular formula is C19H21N7O2. The molecule has 0 aliphatic carbocycles. The van der Waals surface area contributed by atoms with E-state index in [0.29, 0.717) is 29.5 Å². The van der Waals surface area contributed by atoms with E-state index in [9.17, 15) is 0 Å². The van der Waals surface area contributed by atoms with Crippen molar-refractivity contribution < 1.29 is 9.47 Å². The molecule has 9 heteroatoms. The molecule has 0 bridgehead atoms. The Morgan fingerprint density at radius 3 is 2.96 bits per heavy atom. The van der Waals surface area contributed by atoms with Crippen molar-refractivity contribution in [2.45, 2.75) is 24.9 Å². The molecule has 5 rings (SSSR count). The van der Waals surface area contributed by atoms with Crippen LogP contribution < -0.4 is 10.5 Å². The van der Waals surface area contributed by atoms with Gasteiger partial charge in [0.1, 0.15) is 11.3 Å². The van der Waals surface area contributed by atoms with E-state index in [1.54, 1.807) is 16.3 Å². The van der Waals surface area contributed by atoms with Crippen molar-refractivity contribution in [3.8, 4) is 5.75 Å². The first-order valence-electron chi connectivity index (χ1n) is 9.23. The Morgan fingerprint density at radius 2 is 2.18 bits per heavy atom. The van der Waals surface area contributed by atoms with Gasteiger partial charge in [0.15, 0.2) is 11.5 Å². The second-order valence-electron chi connectivity index (χ2n) is 7.06. The number of hydrogen-bond donors (Lipinski definition) is 1. The van der Waals surface area contributed by atoms with E-state index >= 15 is 0 Å². The topological polar surface area (TPSA) is 105 Å². The lowest BCUT2D eigenvalue weighted by Crippen LogP contribution is -2.19. The van der Waals surface area contributed by atoms with Crippen LogP contribution in [0.3, 0.4) is 0 Å². The summed E-state index contributed by atoms with van der Waals surface area (Å²) < 4.78 is 14.8. The Kier molecular flexibility index (Phi) is 3.90. The first-order valence-corrected chi connectivity index (χ1v) is 9.23. The number of para-hydroxylation sites is 1. The monoisotopic (exact) mass is 379 g/mol. The van der Waals surface area contributed by atoms with Crippen molar-refractivity contribution in [3.05, 3.63) is 42.0 Å². The summed E-state index contributed by atoms with van der Waals surface area (Å²) >= 11 is 0. The Labute approximate surface area is 161 Å². The van der Waals surface area contributed by atoms with Crippen molar-refractivity contribution in [1.82, 2.24) is 29.4 Å². The minimum Gasteiger partial charge on any atom is -0.494 e. The maximum Gasteiger partial charge on any atom is 0.223 e. The van der Waals surface area contributed by atoms with Crippen LogP contribution in [-0.4, -0.2) is 43.1 Å². The number of methoxy groups -OCH3 is 1. The van der Waals surface area contributed by atoms with Gasteiger partial charge in [0, 0.05) is 36.7 Å². The summed E-state index contributed by atoms with van der Waals surface area (Å²) in [5.41, 5.74) is 8.63. The number of nitrogens with zero attached hydrogens (tertiary/aromatic N) is 6. The van der Waals surface area contributed by atoms with E-state index in [-0.39, 0.29) is 12.0 Å². The lowest BCUT2D eigenvalue weighted by molar-refractivity contribution is 0.00396. The van der Waals surface area contributed by atoms with Gasteiger partial charge in [0.05, 0.1) is 19.4 Å². The van der Waals surface area contributed by atoms with Crippen molar-refractivity contribution >= 4 is 22.5 Å². The molecule has 0 spiro atoms. The molecule has 1 saturated heterocycles. The SMILES string of the molecule is COc1cccc2c1nc(N)n1nc(C3CCOC(c4cnn(C)c4)C3)nc21. The van der Waals surface area contributed by atoms with Crippen molar-refractivity contribution in [1.29, 1.82) is 0 Å². The highest BCUT2D eigenvalue weighted by Gasteiger charge is 2.29. The number of aromatic nitrogens is 6. The van der Waals surface area contributed by atoms with Crippen LogP contribution in [0.1, 0.15) is 36.3 Å². The zero-order valence-electron chi connectivity index (χ0n) is 15.7. The average Bonchev–Trinajstić information content (AvgIpc) is 3.35. The molecule has 1 fully saturated rings. The third kappa shape index (κ3) is 2.66. The molecule has 1 aliphatic heterocycles. The summed E-state index contributed by atoms with van der Waals surface area (Å²) in [7, 11) is 3.52. The summed E-state index contributed by atoms with van der Waals surface area (Å²) in [6.07, 6.45) is 5.50. The highest BCUT2D eigenvalue weighted by atomic mass is 16.5. The smallest absolute Gasteiger partial charge is 0.223 e. The number of nitrogens with two attached hydrogens (primary N) is 1. The second kappa shape index (κ2) is 6.45. The van der Waals surface area contributed by atoms with Crippen molar-refractivity contribution in [2.24, 2.45) is 7.05 Å². The van der Waals surface area contributed by atoms with Gasteiger partial charge >= 0.3 is 0 Å². The normalized spacial score (nSPS) is 20.1. The van der Waals surface area contributed by atoms with Gasteiger partial charge in [-0.15, -0.1) is 5.10 Å². The summed E-state index contributed by atoms with van der Waals surface area (Å²) in [5, 5.41) is 9.79. The zero-order valence-corrected chi connectivity index (χ0v) is 15.7. The predicted octanol–water partition coefficient (Wildman–Crippen LogP) is 2.24. The van der Waals surface area contributed by atoms with Gasteiger partial charge < -0.3 is 15.2 Å². The first-order chi connectivity index (χ1) is 13.6. The van der Waals surface area contributed by atoms with E-state index in [0.717, 1.165) is 29.6 Å². The van der Waals surface area contributed by atoms with E-state index in [4.69, 9.17) is 20.2 Å². The number of rotatable bonds is 3. The van der Waals surface area contributed by atoms with Crippen LogP contribution in [0.25, 0.3) is 16.6 Å². The number of anilines is 1. The van der Waals surface area contributed by atoms with Gasteiger partial charge in [-0.1, -0.05) is 6.07 Å². The summed E-state index contributed by atoms with van der Waals surface area (Å²) in [4.78, 5) is 9.31. The van der Waals surface area contributed by atoms with E-state index in [1.165, 1.54) is 0 Å². The minimum absolute atomic E-state index is 0.00799. The molecular weight excluding hydrogens is 358 g/mol. The molecule has 1 aliphatic rings. The number of nitrogen functional groups attached to an aromatic ring is 1. The Balaban J connectivity index is 1.56. The molecule has 1 aromatic carbocycles. The van der Waals surface area contributed by atoms with E-state index in [2.05, 4.69) is 15.2 Å². The number of benzene rings is 1. The lowest BCUT2D eigenvalue weighted by atomic mass is 9.92. The third-order valence-corrected chi connectivity index (χ3v) is 5.27. The van der Waals surface area contributed by atoms with Crippen molar-refractivity contribution in [3.63, 3.8) is 0 Å². The molecule has 28 heavy (non-hydrogen) atoms. The van der Waals surface area contributed by atoms with Gasteiger partial charge in [-0.05, 0) is 25.0 Å². The van der Waals surface area contributed by atoms with Gasteiger partial charge in [0.2, 0.25) is 5.95 Å². The number of ether oxygens (including phenoxy) is 2. The lowest BCUT2D eigenvalue weighted by Gasteiger charge is -2.27. The van der Waals surface area contributed by atoms with Crippen molar-refractivity contribution in [2.75, 3.05) is 19.5 Å². The average molecular weight is 379 g/mol. The summed E-state index contributed by atoms with van der Waals surface area (Å²) in [6.45, 7) is 0.655. The number of fused-ring (bicyclic) bond motifs is 3. The molecule has 2 N–H and O–H groups in total. The Hall–Kier alpha value is -3.20. The largest absolute Gasteiger partial charge is 0.494 e. The number of hydrogen-bond acceptors (Lipinski definition) is 7. The molecule has 0 saturated carbocycles. The fourth-order valence-electron chi connectivity index (χ4n) is 3.85. The quantitative estimate of drug-likeness (QED) is 0.582. The van der Waals surface area contributed by atoms with Gasteiger partial charge in [-0.2, -0.15) is 9.61 Å². The third-order valence-electron chi connectivity index (χ3n) is 5.27. The molecule has 4 aromatic rings. The van der Waals surface area contributed by atoms with Gasteiger partial charge in [0.25, 0.3) is 0 Å². The molecule has 0 amide bonds. The first kappa shape index (κ1) is 16.9. The Bertz CT molecular complexity index is 1170. The van der Waals surface area contributed by atoms with Crippen LogP contribution >= 0.6 is 0 Å². The van der Waals surface area contributed by atoms with Crippen LogP contribution in [0.15, 0.2) is 30.6 Å². The highest BCUT2D eigenvalue weighted by Crippen LogP contribution is 2.37. The van der Waals surface area contributed by atoms with Gasteiger partial charge in [-0.3, -0.25) is 4.68 Å². The standard InChI is InChI=1S/C19H21N7O2/c1-25-10-12(9-21-25)15-8-11(6-7-28-15)17-23-18-13-4-3-5-14(27-2)16(13)22-19(20)26(18)24-17/h3-5,9-11,15H,6-8H2,1-2H3,(H2,20,22). The molecule has 3 aromatic heterocycles. The van der Waals surface area contributed by atoms with E-state index < -0.39 is 0 Å². The van der Waals surface area contributed by atoms with Crippen LogP contribution in [0.4, 0.5) is 5.95 Å². The van der Waals surface area contributed by atoms with Crippen LogP contribution in [-0.2, 0) is 11.8 Å². The van der Waals surface area contributed by atoms with Crippen LogP contribution in [0.2, 0.25) is 0 Å².